The highest BCUT2D eigenvalue weighted by molar-refractivity contribution is 5.92. The molecule has 25 heavy (non-hydrogen) atoms. The fourth-order valence-corrected chi connectivity index (χ4v) is 2.53. The zero-order valence-electron chi connectivity index (χ0n) is 14.8. The smallest absolute Gasteiger partial charge is 0.407 e. The summed E-state index contributed by atoms with van der Waals surface area (Å²) in [6.07, 6.45) is -0.410. The van der Waals surface area contributed by atoms with Gasteiger partial charge in [0, 0.05) is 5.69 Å². The predicted octanol–water partition coefficient (Wildman–Crippen LogP) is 4.12. The number of alkyl carbamates (subject to hydrolysis) is 1. The van der Waals surface area contributed by atoms with Crippen LogP contribution in [0.15, 0.2) is 48.5 Å². The van der Waals surface area contributed by atoms with Gasteiger partial charge in [0.05, 0.1) is 19.1 Å². The van der Waals surface area contributed by atoms with Gasteiger partial charge in [-0.15, -0.1) is 0 Å². The highest BCUT2D eigenvalue weighted by Crippen LogP contribution is 2.21. The number of rotatable bonds is 6. The fraction of sp³-hybridized carbons (Fsp3) is 0.300. The molecule has 2 amide bonds. The van der Waals surface area contributed by atoms with Crippen LogP contribution in [0.3, 0.4) is 0 Å². The Labute approximate surface area is 148 Å². The van der Waals surface area contributed by atoms with Crippen molar-refractivity contribution < 1.29 is 14.3 Å². The van der Waals surface area contributed by atoms with E-state index in [1.54, 1.807) is 6.92 Å². The zero-order valence-corrected chi connectivity index (χ0v) is 14.8. The minimum atomic E-state index is -0.532. The predicted molar refractivity (Wildman–Crippen MR) is 98.5 cm³/mol. The first-order chi connectivity index (χ1) is 12.0. The van der Waals surface area contributed by atoms with Gasteiger partial charge in [-0.05, 0) is 43.5 Å². The summed E-state index contributed by atoms with van der Waals surface area (Å²) in [6.45, 7) is 5.99. The van der Waals surface area contributed by atoms with Gasteiger partial charge in [-0.2, -0.15) is 0 Å². The normalized spacial score (nSPS) is 11.5. The Morgan fingerprint density at radius 3 is 2.44 bits per heavy atom. The van der Waals surface area contributed by atoms with Crippen molar-refractivity contribution in [3.8, 4) is 0 Å². The minimum absolute atomic E-state index is 0.121. The molecule has 2 rings (SSSR count). The molecule has 5 nitrogen and oxygen atoms in total. The standard InChI is InChI=1S/C20H24N2O3/c1-4-25-20(24)22-18(16-10-6-5-7-11-16)13-19(23)21-17-12-8-9-14(2)15(17)3/h5-12,18H,4,13H2,1-3H3,(H,21,23)(H,22,24)/t18-/m1/s1. The van der Waals surface area contributed by atoms with Crippen molar-refractivity contribution in [3.63, 3.8) is 0 Å². The molecule has 2 N–H and O–H groups in total. The molecule has 0 saturated carbocycles. The molecule has 0 fully saturated rings. The molecule has 2 aromatic carbocycles. The van der Waals surface area contributed by atoms with Gasteiger partial charge in [-0.25, -0.2) is 4.79 Å². The topological polar surface area (TPSA) is 67.4 Å². The molecule has 1 atom stereocenters. The summed E-state index contributed by atoms with van der Waals surface area (Å²) in [4.78, 5) is 24.3. The highest BCUT2D eigenvalue weighted by atomic mass is 16.5. The second kappa shape index (κ2) is 8.87. The molecule has 132 valence electrons. The summed E-state index contributed by atoms with van der Waals surface area (Å²) in [5.74, 6) is -0.167. The van der Waals surface area contributed by atoms with E-state index in [1.807, 2.05) is 62.4 Å². The average Bonchev–Trinajstić information content (AvgIpc) is 2.59. The quantitative estimate of drug-likeness (QED) is 0.831. The molecule has 0 aliphatic rings. The van der Waals surface area contributed by atoms with Gasteiger partial charge in [0.25, 0.3) is 0 Å². The number of anilines is 1. The van der Waals surface area contributed by atoms with Gasteiger partial charge >= 0.3 is 6.09 Å². The Morgan fingerprint density at radius 1 is 1.04 bits per heavy atom. The molecule has 0 spiro atoms. The van der Waals surface area contributed by atoms with Crippen molar-refractivity contribution in [2.24, 2.45) is 0 Å². The monoisotopic (exact) mass is 340 g/mol. The van der Waals surface area contributed by atoms with E-state index < -0.39 is 12.1 Å². The number of hydrogen-bond acceptors (Lipinski definition) is 3. The first kappa shape index (κ1) is 18.5. The molecule has 0 heterocycles. The van der Waals surface area contributed by atoms with Crippen LogP contribution in [0.1, 0.15) is 36.1 Å². The molecule has 0 aliphatic carbocycles. The lowest BCUT2D eigenvalue weighted by atomic mass is 10.0. The van der Waals surface area contributed by atoms with Crippen LogP contribution >= 0.6 is 0 Å². The maximum Gasteiger partial charge on any atom is 0.407 e. The summed E-state index contributed by atoms with van der Waals surface area (Å²) in [6, 6.07) is 14.7. The maximum absolute atomic E-state index is 12.5. The Morgan fingerprint density at radius 2 is 1.76 bits per heavy atom. The Kier molecular flexibility index (Phi) is 6.57. The van der Waals surface area contributed by atoms with Crippen LogP contribution in [-0.4, -0.2) is 18.6 Å². The van der Waals surface area contributed by atoms with Crippen molar-refractivity contribution in [1.82, 2.24) is 5.32 Å². The number of hydrogen-bond donors (Lipinski definition) is 2. The Hall–Kier alpha value is -2.82. The van der Waals surface area contributed by atoms with Gasteiger partial charge in [-0.3, -0.25) is 4.79 Å². The van der Waals surface area contributed by atoms with Crippen LogP contribution in [0, 0.1) is 13.8 Å². The molecular formula is C20H24N2O3. The molecule has 0 unspecified atom stereocenters. The van der Waals surface area contributed by atoms with Crippen LogP contribution in [-0.2, 0) is 9.53 Å². The van der Waals surface area contributed by atoms with E-state index in [-0.39, 0.29) is 18.9 Å². The van der Waals surface area contributed by atoms with E-state index in [1.165, 1.54) is 0 Å². The molecule has 5 heteroatoms. The molecule has 0 aromatic heterocycles. The summed E-state index contributed by atoms with van der Waals surface area (Å²) in [7, 11) is 0. The number of aryl methyl sites for hydroxylation is 1. The first-order valence-electron chi connectivity index (χ1n) is 8.35. The van der Waals surface area contributed by atoms with Crippen molar-refractivity contribution >= 4 is 17.7 Å². The van der Waals surface area contributed by atoms with Crippen molar-refractivity contribution in [3.05, 3.63) is 65.2 Å². The third-order valence-electron chi connectivity index (χ3n) is 4.04. The van der Waals surface area contributed by atoms with Gasteiger partial charge < -0.3 is 15.4 Å². The van der Waals surface area contributed by atoms with Crippen molar-refractivity contribution in [1.29, 1.82) is 0 Å². The number of carbonyl (C=O) groups is 2. The van der Waals surface area contributed by atoms with E-state index in [4.69, 9.17) is 4.74 Å². The van der Waals surface area contributed by atoms with Crippen LogP contribution in [0.5, 0.6) is 0 Å². The number of nitrogens with one attached hydrogen (secondary N) is 2. The minimum Gasteiger partial charge on any atom is -0.450 e. The molecule has 0 radical (unpaired) electrons. The summed E-state index contributed by atoms with van der Waals surface area (Å²) < 4.78 is 4.95. The van der Waals surface area contributed by atoms with Gasteiger partial charge in [0.1, 0.15) is 0 Å². The number of ether oxygens (including phenoxy) is 1. The fourth-order valence-electron chi connectivity index (χ4n) is 2.53. The van der Waals surface area contributed by atoms with Crippen molar-refractivity contribution in [2.75, 3.05) is 11.9 Å². The largest absolute Gasteiger partial charge is 0.450 e. The van der Waals surface area contributed by atoms with Gasteiger partial charge in [0.15, 0.2) is 0 Å². The van der Waals surface area contributed by atoms with E-state index in [0.29, 0.717) is 0 Å². The average molecular weight is 340 g/mol. The van der Waals surface area contributed by atoms with Crippen molar-refractivity contribution in [2.45, 2.75) is 33.2 Å². The van der Waals surface area contributed by atoms with Crippen LogP contribution in [0.25, 0.3) is 0 Å². The Balaban J connectivity index is 2.11. The number of benzene rings is 2. The van der Waals surface area contributed by atoms with Crippen LogP contribution in [0.2, 0.25) is 0 Å². The highest BCUT2D eigenvalue weighted by Gasteiger charge is 2.19. The molecular weight excluding hydrogens is 316 g/mol. The third kappa shape index (κ3) is 5.35. The van der Waals surface area contributed by atoms with E-state index in [9.17, 15) is 9.59 Å². The molecule has 0 bridgehead atoms. The Bertz CT molecular complexity index is 729. The number of amides is 2. The van der Waals surface area contributed by atoms with E-state index >= 15 is 0 Å². The SMILES string of the molecule is CCOC(=O)N[C@H](CC(=O)Nc1cccc(C)c1C)c1ccccc1. The van der Waals surface area contributed by atoms with Gasteiger partial charge in [-0.1, -0.05) is 42.5 Å². The number of carbonyl (C=O) groups excluding carboxylic acids is 2. The second-order valence-corrected chi connectivity index (χ2v) is 5.83. The van der Waals surface area contributed by atoms with Gasteiger partial charge in [0.2, 0.25) is 5.91 Å². The lowest BCUT2D eigenvalue weighted by Gasteiger charge is -2.19. The lowest BCUT2D eigenvalue weighted by Crippen LogP contribution is -2.32. The van der Waals surface area contributed by atoms with E-state index in [2.05, 4.69) is 10.6 Å². The lowest BCUT2D eigenvalue weighted by molar-refractivity contribution is -0.116. The molecule has 0 aliphatic heterocycles. The molecule has 2 aromatic rings. The van der Waals surface area contributed by atoms with Crippen LogP contribution in [0.4, 0.5) is 10.5 Å². The first-order valence-corrected chi connectivity index (χ1v) is 8.35. The van der Waals surface area contributed by atoms with Crippen LogP contribution < -0.4 is 10.6 Å². The summed E-state index contributed by atoms with van der Waals surface area (Å²) in [5, 5.41) is 5.68. The second-order valence-electron chi connectivity index (χ2n) is 5.83. The third-order valence-corrected chi connectivity index (χ3v) is 4.04. The zero-order chi connectivity index (χ0) is 18.2. The summed E-state index contributed by atoms with van der Waals surface area (Å²) >= 11 is 0. The maximum atomic E-state index is 12.5. The summed E-state index contributed by atoms with van der Waals surface area (Å²) in [5.41, 5.74) is 3.78. The van der Waals surface area contributed by atoms with E-state index in [0.717, 1.165) is 22.4 Å². The molecule has 0 saturated heterocycles.